The highest BCUT2D eigenvalue weighted by molar-refractivity contribution is 7.92. The van der Waals surface area contributed by atoms with Gasteiger partial charge in [-0.2, -0.15) is 0 Å². The first-order valence-corrected chi connectivity index (χ1v) is 13.7. The molecular formula is C28H32FN3O6S. The summed E-state index contributed by atoms with van der Waals surface area (Å²) in [7, 11) is 0.0513. The smallest absolute Gasteiger partial charge is 0.264 e. The van der Waals surface area contributed by atoms with E-state index < -0.39 is 40.2 Å². The molecule has 0 aliphatic rings. The van der Waals surface area contributed by atoms with E-state index in [1.54, 1.807) is 25.1 Å². The molecule has 0 saturated heterocycles. The van der Waals surface area contributed by atoms with Crippen molar-refractivity contribution >= 4 is 27.5 Å². The van der Waals surface area contributed by atoms with Gasteiger partial charge in [-0.3, -0.25) is 13.9 Å². The number of methoxy groups -OCH3 is 2. The minimum Gasteiger partial charge on any atom is -0.497 e. The molecule has 0 aromatic heterocycles. The third-order valence-electron chi connectivity index (χ3n) is 6.18. The Hall–Kier alpha value is -4.12. The normalized spacial score (nSPS) is 11.8. The number of amides is 2. The van der Waals surface area contributed by atoms with Gasteiger partial charge in [-0.25, -0.2) is 12.8 Å². The first-order valence-electron chi connectivity index (χ1n) is 12.2. The quantitative estimate of drug-likeness (QED) is 0.365. The lowest BCUT2D eigenvalue weighted by atomic mass is 10.1. The summed E-state index contributed by atoms with van der Waals surface area (Å²) < 4.78 is 52.9. The maximum atomic E-state index is 13.9. The molecule has 0 unspecified atom stereocenters. The second kappa shape index (κ2) is 13.1. The van der Waals surface area contributed by atoms with E-state index >= 15 is 0 Å². The Morgan fingerprint density at radius 1 is 0.949 bits per heavy atom. The van der Waals surface area contributed by atoms with Crippen LogP contribution in [0.5, 0.6) is 11.5 Å². The summed E-state index contributed by atoms with van der Waals surface area (Å²) in [6.45, 7) is 1.09. The third-order valence-corrected chi connectivity index (χ3v) is 7.95. The van der Waals surface area contributed by atoms with Gasteiger partial charge in [0.2, 0.25) is 11.8 Å². The first kappa shape index (κ1) is 29.4. The van der Waals surface area contributed by atoms with Gasteiger partial charge in [0.1, 0.15) is 29.9 Å². The van der Waals surface area contributed by atoms with Crippen molar-refractivity contribution in [3.05, 3.63) is 84.2 Å². The van der Waals surface area contributed by atoms with E-state index in [1.807, 2.05) is 0 Å². The SMILES string of the molecule is CC[C@H](C(=O)NC)N(Cc1ccc(F)cc1)C(=O)CN(c1ccccc1OC)S(=O)(=O)c1ccc(OC)cc1. The van der Waals surface area contributed by atoms with E-state index in [0.717, 1.165) is 4.31 Å². The summed E-state index contributed by atoms with van der Waals surface area (Å²) in [5, 5.41) is 2.56. The average molecular weight is 558 g/mol. The molecule has 3 aromatic carbocycles. The van der Waals surface area contributed by atoms with Crippen molar-refractivity contribution in [1.29, 1.82) is 0 Å². The van der Waals surface area contributed by atoms with E-state index in [1.165, 1.54) is 80.8 Å². The molecule has 9 nitrogen and oxygen atoms in total. The minimum absolute atomic E-state index is 0.0343. The molecule has 1 atom stereocenters. The van der Waals surface area contributed by atoms with Gasteiger partial charge in [-0.15, -0.1) is 0 Å². The Morgan fingerprint density at radius 2 is 1.59 bits per heavy atom. The highest BCUT2D eigenvalue weighted by Crippen LogP contribution is 2.33. The molecule has 0 radical (unpaired) electrons. The van der Waals surface area contributed by atoms with Gasteiger partial charge in [0.25, 0.3) is 10.0 Å². The van der Waals surface area contributed by atoms with Crippen molar-refractivity contribution in [1.82, 2.24) is 10.2 Å². The molecule has 0 aliphatic heterocycles. The van der Waals surface area contributed by atoms with Crippen molar-refractivity contribution in [2.45, 2.75) is 30.8 Å². The van der Waals surface area contributed by atoms with Gasteiger partial charge < -0.3 is 19.7 Å². The number of benzene rings is 3. The number of hydrogen-bond acceptors (Lipinski definition) is 6. The summed E-state index contributed by atoms with van der Waals surface area (Å²) in [5.41, 5.74) is 0.729. The van der Waals surface area contributed by atoms with E-state index in [9.17, 15) is 22.4 Å². The molecule has 208 valence electrons. The van der Waals surface area contributed by atoms with E-state index in [0.29, 0.717) is 11.3 Å². The number of sulfonamides is 1. The van der Waals surface area contributed by atoms with Gasteiger partial charge in [0, 0.05) is 13.6 Å². The molecule has 3 aromatic rings. The first-order chi connectivity index (χ1) is 18.7. The maximum absolute atomic E-state index is 13.9. The zero-order valence-corrected chi connectivity index (χ0v) is 23.1. The van der Waals surface area contributed by atoms with Gasteiger partial charge in [0.15, 0.2) is 0 Å². The molecule has 0 saturated carbocycles. The number of carbonyl (C=O) groups is 2. The zero-order valence-electron chi connectivity index (χ0n) is 22.3. The number of likely N-dealkylation sites (N-methyl/N-ethyl adjacent to an activating group) is 1. The van der Waals surface area contributed by atoms with Crippen LogP contribution in [-0.2, 0) is 26.2 Å². The van der Waals surface area contributed by atoms with E-state index in [-0.39, 0.29) is 29.3 Å². The maximum Gasteiger partial charge on any atom is 0.264 e. The summed E-state index contributed by atoms with van der Waals surface area (Å²) in [5.74, 6) is -0.767. The standard InChI is InChI=1S/C28H32FN3O6S/c1-5-24(28(34)30-2)31(18-20-10-12-21(29)13-11-20)27(33)19-32(25-8-6-7-9-26(25)38-4)39(35,36)23-16-14-22(37-3)15-17-23/h6-17,24H,5,18-19H2,1-4H3,(H,30,34)/t24-/m1/s1. The zero-order chi connectivity index (χ0) is 28.6. The van der Waals surface area contributed by atoms with Crippen LogP contribution in [0.2, 0.25) is 0 Å². The van der Waals surface area contributed by atoms with Crippen molar-refractivity contribution in [2.75, 3.05) is 32.1 Å². The van der Waals surface area contributed by atoms with Crippen LogP contribution in [0.25, 0.3) is 0 Å². The summed E-state index contributed by atoms with van der Waals surface area (Å²) in [6.07, 6.45) is 0.270. The lowest BCUT2D eigenvalue weighted by Gasteiger charge is -2.33. The molecule has 0 bridgehead atoms. The van der Waals surface area contributed by atoms with Crippen LogP contribution in [0, 0.1) is 5.82 Å². The number of nitrogens with one attached hydrogen (secondary N) is 1. The molecule has 0 heterocycles. The fraction of sp³-hybridized carbons (Fsp3) is 0.286. The predicted molar refractivity (Wildman–Crippen MR) is 146 cm³/mol. The lowest BCUT2D eigenvalue weighted by Crippen LogP contribution is -2.51. The lowest BCUT2D eigenvalue weighted by molar-refractivity contribution is -0.140. The topological polar surface area (TPSA) is 105 Å². The number of anilines is 1. The van der Waals surface area contributed by atoms with Crippen molar-refractivity contribution in [3.8, 4) is 11.5 Å². The fourth-order valence-electron chi connectivity index (χ4n) is 4.10. The number of ether oxygens (including phenoxy) is 2. The van der Waals surface area contributed by atoms with Gasteiger partial charge >= 0.3 is 0 Å². The van der Waals surface area contributed by atoms with Crippen molar-refractivity contribution < 1.29 is 31.9 Å². The van der Waals surface area contributed by atoms with Gasteiger partial charge in [-0.05, 0) is 60.5 Å². The summed E-state index contributed by atoms with van der Waals surface area (Å²) in [4.78, 5) is 27.9. The predicted octanol–water partition coefficient (Wildman–Crippen LogP) is 3.59. The number of halogens is 1. The second-order valence-electron chi connectivity index (χ2n) is 8.55. The monoisotopic (exact) mass is 557 g/mol. The Balaban J connectivity index is 2.09. The molecule has 0 fully saturated rings. The molecule has 11 heteroatoms. The largest absolute Gasteiger partial charge is 0.497 e. The Bertz CT molecular complexity index is 1380. The average Bonchev–Trinajstić information content (AvgIpc) is 2.96. The van der Waals surface area contributed by atoms with Crippen molar-refractivity contribution in [2.24, 2.45) is 0 Å². The fourth-order valence-corrected chi connectivity index (χ4v) is 5.52. The molecule has 3 rings (SSSR count). The van der Waals surface area contributed by atoms with E-state index in [4.69, 9.17) is 9.47 Å². The second-order valence-corrected chi connectivity index (χ2v) is 10.4. The van der Waals surface area contributed by atoms with Crippen LogP contribution >= 0.6 is 0 Å². The van der Waals surface area contributed by atoms with Crippen LogP contribution in [0.4, 0.5) is 10.1 Å². The number of rotatable bonds is 12. The Labute approximate surface area is 228 Å². The molecule has 0 aliphatic carbocycles. The molecule has 1 N–H and O–H groups in total. The van der Waals surface area contributed by atoms with Crippen molar-refractivity contribution in [3.63, 3.8) is 0 Å². The summed E-state index contributed by atoms with van der Waals surface area (Å²) in [6, 6.07) is 16.9. The van der Waals surface area contributed by atoms with Crippen LogP contribution < -0.4 is 19.1 Å². The molecule has 2 amide bonds. The number of carbonyl (C=O) groups excluding carboxylic acids is 2. The Morgan fingerprint density at radius 3 is 2.15 bits per heavy atom. The Kier molecular flexibility index (Phi) is 9.89. The van der Waals surface area contributed by atoms with Crippen LogP contribution in [0.15, 0.2) is 77.7 Å². The molecule has 0 spiro atoms. The number of para-hydroxylation sites is 2. The van der Waals surface area contributed by atoms with Gasteiger partial charge in [-0.1, -0.05) is 31.2 Å². The third kappa shape index (κ3) is 6.85. The van der Waals surface area contributed by atoms with Gasteiger partial charge in [0.05, 0.1) is 24.8 Å². The molecular weight excluding hydrogens is 525 g/mol. The van der Waals surface area contributed by atoms with E-state index in [2.05, 4.69) is 5.32 Å². The van der Waals surface area contributed by atoms with Crippen LogP contribution in [-0.4, -0.2) is 59.0 Å². The summed E-state index contributed by atoms with van der Waals surface area (Å²) >= 11 is 0. The molecule has 39 heavy (non-hydrogen) atoms. The number of nitrogens with zero attached hydrogens (tertiary/aromatic N) is 2. The highest BCUT2D eigenvalue weighted by atomic mass is 32.2. The highest BCUT2D eigenvalue weighted by Gasteiger charge is 2.34. The minimum atomic E-state index is -4.28. The van der Waals surface area contributed by atoms with Crippen LogP contribution in [0.1, 0.15) is 18.9 Å². The van der Waals surface area contributed by atoms with Crippen LogP contribution in [0.3, 0.4) is 0 Å². The number of hydrogen-bond donors (Lipinski definition) is 1.